The molecule has 0 aliphatic rings. The maximum absolute atomic E-state index is 6.36. The summed E-state index contributed by atoms with van der Waals surface area (Å²) >= 11 is 0. The lowest BCUT2D eigenvalue weighted by molar-refractivity contribution is 0.669. The van der Waals surface area contributed by atoms with E-state index in [0.717, 1.165) is 61.3 Å². The van der Waals surface area contributed by atoms with E-state index in [1.54, 1.807) is 0 Å². The molecule has 0 N–H and O–H groups in total. The van der Waals surface area contributed by atoms with Crippen LogP contribution in [0.5, 0.6) is 0 Å². The molecule has 0 spiro atoms. The molecule has 0 unspecified atom stereocenters. The SMILES string of the molecule is c1ccc(-c2ccc(N(c3ccc(-c4ccccc4)cc3)c3cccc(-c4cccc5oc6ccccc6c45)c3-c3ccccc3)cc2)cc1. The highest BCUT2D eigenvalue weighted by atomic mass is 16.3. The van der Waals surface area contributed by atoms with Crippen LogP contribution in [0, 0.1) is 0 Å². The number of anilines is 3. The molecule has 236 valence electrons. The van der Waals surface area contributed by atoms with Gasteiger partial charge in [0.05, 0.1) is 5.69 Å². The Morgan fingerprint density at radius 2 is 0.780 bits per heavy atom. The molecule has 50 heavy (non-hydrogen) atoms. The summed E-state index contributed by atoms with van der Waals surface area (Å²) in [6.07, 6.45) is 0. The highest BCUT2D eigenvalue weighted by Crippen LogP contribution is 2.48. The predicted octanol–water partition coefficient (Wildman–Crippen LogP) is 13.7. The van der Waals surface area contributed by atoms with E-state index in [1.165, 1.54) is 22.3 Å². The first-order chi connectivity index (χ1) is 24.8. The van der Waals surface area contributed by atoms with Crippen molar-refractivity contribution in [3.05, 3.63) is 200 Å². The lowest BCUT2D eigenvalue weighted by Crippen LogP contribution is -2.11. The molecule has 0 saturated heterocycles. The van der Waals surface area contributed by atoms with Gasteiger partial charge < -0.3 is 9.32 Å². The molecule has 0 aliphatic heterocycles. The summed E-state index contributed by atoms with van der Waals surface area (Å²) in [5.74, 6) is 0. The zero-order chi connectivity index (χ0) is 33.3. The predicted molar refractivity (Wildman–Crippen MR) is 210 cm³/mol. The number of hydrogen-bond acceptors (Lipinski definition) is 2. The summed E-state index contributed by atoms with van der Waals surface area (Å²) in [6, 6.07) is 71.1. The van der Waals surface area contributed by atoms with Crippen molar-refractivity contribution in [2.45, 2.75) is 0 Å². The van der Waals surface area contributed by atoms with Crippen molar-refractivity contribution in [1.29, 1.82) is 0 Å². The zero-order valence-electron chi connectivity index (χ0n) is 27.4. The van der Waals surface area contributed by atoms with Crippen molar-refractivity contribution in [3.63, 3.8) is 0 Å². The molecule has 0 amide bonds. The van der Waals surface area contributed by atoms with Crippen molar-refractivity contribution in [1.82, 2.24) is 0 Å². The molecule has 9 rings (SSSR count). The third-order valence-corrected chi connectivity index (χ3v) is 9.50. The summed E-state index contributed by atoms with van der Waals surface area (Å²) < 4.78 is 6.36. The highest BCUT2D eigenvalue weighted by molar-refractivity contribution is 6.14. The second-order valence-electron chi connectivity index (χ2n) is 12.5. The maximum atomic E-state index is 6.36. The lowest BCUT2D eigenvalue weighted by Gasteiger charge is -2.29. The molecular weight excluding hydrogens is 607 g/mol. The van der Waals surface area contributed by atoms with Crippen molar-refractivity contribution < 1.29 is 4.42 Å². The second-order valence-corrected chi connectivity index (χ2v) is 12.5. The Kier molecular flexibility index (Phi) is 7.53. The van der Waals surface area contributed by atoms with Gasteiger partial charge in [0.1, 0.15) is 11.2 Å². The monoisotopic (exact) mass is 639 g/mol. The number of hydrogen-bond donors (Lipinski definition) is 0. The average molecular weight is 640 g/mol. The topological polar surface area (TPSA) is 16.4 Å². The molecule has 0 radical (unpaired) electrons. The van der Waals surface area contributed by atoms with Crippen molar-refractivity contribution in [2.24, 2.45) is 0 Å². The van der Waals surface area contributed by atoms with Gasteiger partial charge in [0.2, 0.25) is 0 Å². The zero-order valence-corrected chi connectivity index (χ0v) is 27.4. The lowest BCUT2D eigenvalue weighted by atomic mass is 9.90. The first-order valence-electron chi connectivity index (χ1n) is 17.0. The van der Waals surface area contributed by atoms with Crippen molar-refractivity contribution in [3.8, 4) is 44.5 Å². The molecule has 0 aliphatic carbocycles. The molecule has 9 aromatic rings. The summed E-state index contributed by atoms with van der Waals surface area (Å²) in [6.45, 7) is 0. The number of nitrogens with zero attached hydrogens (tertiary/aromatic N) is 1. The standard InChI is InChI=1S/C48H33NO/c1-4-14-34(15-5-1)36-26-30-39(31-27-36)49(40-32-28-37(29-33-40)35-16-6-2-7-17-35)44-23-12-21-41(47(44)38-18-8-3-9-19-38)42-22-13-25-46-48(42)43-20-10-11-24-45(43)50-46/h1-33H. The minimum absolute atomic E-state index is 0.887. The van der Waals surface area contributed by atoms with Crippen LogP contribution in [0.15, 0.2) is 205 Å². The number of furan rings is 1. The van der Waals surface area contributed by atoms with Crippen LogP contribution in [0.4, 0.5) is 17.1 Å². The van der Waals surface area contributed by atoms with Gasteiger partial charge in [-0.15, -0.1) is 0 Å². The molecule has 0 atom stereocenters. The normalized spacial score (nSPS) is 11.2. The molecule has 0 fully saturated rings. The van der Waals surface area contributed by atoms with E-state index >= 15 is 0 Å². The number of rotatable bonds is 7. The smallest absolute Gasteiger partial charge is 0.136 e. The van der Waals surface area contributed by atoms with Gasteiger partial charge in [-0.2, -0.15) is 0 Å². The molecule has 1 aromatic heterocycles. The van der Waals surface area contributed by atoms with Crippen LogP contribution in [0.1, 0.15) is 0 Å². The van der Waals surface area contributed by atoms with Crippen LogP contribution in [0.3, 0.4) is 0 Å². The minimum Gasteiger partial charge on any atom is -0.456 e. The quantitative estimate of drug-likeness (QED) is 0.173. The molecular formula is C48H33NO. The Hall–Kier alpha value is -6.64. The van der Waals surface area contributed by atoms with Crippen molar-refractivity contribution >= 4 is 39.0 Å². The molecule has 1 heterocycles. The van der Waals surface area contributed by atoms with E-state index in [0.29, 0.717) is 0 Å². The largest absolute Gasteiger partial charge is 0.456 e. The Balaban J connectivity index is 1.28. The van der Waals surface area contributed by atoms with E-state index < -0.39 is 0 Å². The van der Waals surface area contributed by atoms with Crippen LogP contribution < -0.4 is 4.90 Å². The molecule has 2 nitrogen and oxygen atoms in total. The summed E-state index contributed by atoms with van der Waals surface area (Å²) in [5, 5.41) is 2.25. The fraction of sp³-hybridized carbons (Fsp3) is 0. The van der Waals surface area contributed by atoms with Gasteiger partial charge in [-0.3, -0.25) is 0 Å². The van der Waals surface area contributed by atoms with Gasteiger partial charge in [-0.25, -0.2) is 0 Å². The summed E-state index contributed by atoms with van der Waals surface area (Å²) in [4.78, 5) is 2.39. The Morgan fingerprint density at radius 3 is 1.38 bits per heavy atom. The molecule has 0 saturated carbocycles. The number of benzene rings is 8. The molecule has 0 bridgehead atoms. The Labute approximate surface area is 292 Å². The average Bonchev–Trinajstić information content (AvgIpc) is 3.59. The van der Waals surface area contributed by atoms with E-state index in [2.05, 4.69) is 193 Å². The van der Waals surface area contributed by atoms with Crippen LogP contribution in [-0.4, -0.2) is 0 Å². The van der Waals surface area contributed by atoms with Gasteiger partial charge in [0.15, 0.2) is 0 Å². The van der Waals surface area contributed by atoms with Gasteiger partial charge in [-0.1, -0.05) is 158 Å². The molecule has 2 heteroatoms. The van der Waals surface area contributed by atoms with E-state index in [4.69, 9.17) is 4.42 Å². The Morgan fingerprint density at radius 1 is 0.320 bits per heavy atom. The summed E-state index contributed by atoms with van der Waals surface area (Å²) in [7, 11) is 0. The third-order valence-electron chi connectivity index (χ3n) is 9.50. The van der Waals surface area contributed by atoms with Gasteiger partial charge in [-0.05, 0) is 81.4 Å². The first-order valence-corrected chi connectivity index (χ1v) is 17.0. The van der Waals surface area contributed by atoms with E-state index in [-0.39, 0.29) is 0 Å². The third kappa shape index (κ3) is 5.34. The van der Waals surface area contributed by atoms with E-state index in [9.17, 15) is 0 Å². The summed E-state index contributed by atoms with van der Waals surface area (Å²) in [5.41, 5.74) is 14.4. The maximum Gasteiger partial charge on any atom is 0.136 e. The molecule has 8 aromatic carbocycles. The van der Waals surface area contributed by atoms with Crippen LogP contribution in [0.25, 0.3) is 66.4 Å². The van der Waals surface area contributed by atoms with Gasteiger partial charge in [0.25, 0.3) is 0 Å². The van der Waals surface area contributed by atoms with Crippen LogP contribution in [0.2, 0.25) is 0 Å². The minimum atomic E-state index is 0.887. The first kappa shape index (κ1) is 29.5. The number of para-hydroxylation sites is 1. The number of fused-ring (bicyclic) bond motifs is 3. The Bertz CT molecular complexity index is 2470. The van der Waals surface area contributed by atoms with Crippen molar-refractivity contribution in [2.75, 3.05) is 4.90 Å². The van der Waals surface area contributed by atoms with E-state index in [1.807, 2.05) is 12.1 Å². The van der Waals surface area contributed by atoms with Crippen LogP contribution in [-0.2, 0) is 0 Å². The van der Waals surface area contributed by atoms with Crippen LogP contribution >= 0.6 is 0 Å². The second kappa shape index (κ2) is 12.8. The van der Waals surface area contributed by atoms with Gasteiger partial charge >= 0.3 is 0 Å². The fourth-order valence-corrected chi connectivity index (χ4v) is 7.15. The highest BCUT2D eigenvalue weighted by Gasteiger charge is 2.22. The fourth-order valence-electron chi connectivity index (χ4n) is 7.15. The van der Waals surface area contributed by atoms with Gasteiger partial charge in [0, 0.05) is 27.7 Å².